The fraction of sp³-hybridized carbons (Fsp3) is 0.300. The van der Waals surface area contributed by atoms with E-state index in [-0.39, 0.29) is 5.56 Å². The van der Waals surface area contributed by atoms with Gasteiger partial charge in [0.05, 0.1) is 11.3 Å². The van der Waals surface area contributed by atoms with Gasteiger partial charge in [0, 0.05) is 49.7 Å². The average molecular weight is 366 g/mol. The lowest BCUT2D eigenvalue weighted by Crippen LogP contribution is -2.35. The van der Waals surface area contributed by atoms with E-state index in [4.69, 9.17) is 0 Å². The SMILES string of the molecule is C=CCn1cc(CN2CCc3nc(SC)[nH]c(=O)c3C2)c2ccccc21. The largest absolute Gasteiger partial charge is 0.343 e. The molecule has 0 aliphatic carbocycles. The lowest BCUT2D eigenvalue weighted by Gasteiger charge is -2.27. The number of nitrogens with zero attached hydrogens (tertiary/aromatic N) is 3. The van der Waals surface area contributed by atoms with E-state index in [1.54, 1.807) is 0 Å². The molecular weight excluding hydrogens is 344 g/mol. The molecule has 0 spiro atoms. The van der Waals surface area contributed by atoms with Crippen molar-refractivity contribution in [2.45, 2.75) is 31.2 Å². The van der Waals surface area contributed by atoms with Crippen LogP contribution in [-0.4, -0.2) is 32.2 Å². The number of fused-ring (bicyclic) bond motifs is 2. The van der Waals surface area contributed by atoms with Crippen molar-refractivity contribution in [3.8, 4) is 0 Å². The zero-order chi connectivity index (χ0) is 18.1. The van der Waals surface area contributed by atoms with E-state index in [1.807, 2.05) is 12.3 Å². The Kier molecular flexibility index (Phi) is 4.70. The zero-order valence-electron chi connectivity index (χ0n) is 14.9. The molecule has 0 amide bonds. The second-order valence-electron chi connectivity index (χ2n) is 6.57. The van der Waals surface area contributed by atoms with Crippen LogP contribution in [0, 0.1) is 0 Å². The number of hydrogen-bond donors (Lipinski definition) is 1. The number of rotatable bonds is 5. The first-order valence-corrected chi connectivity index (χ1v) is 9.98. The Morgan fingerprint density at radius 3 is 3.04 bits per heavy atom. The number of nitrogens with one attached hydrogen (secondary N) is 1. The molecule has 1 aliphatic heterocycles. The van der Waals surface area contributed by atoms with Gasteiger partial charge in [-0.05, 0) is 17.9 Å². The fourth-order valence-corrected chi connectivity index (χ4v) is 4.07. The summed E-state index contributed by atoms with van der Waals surface area (Å²) in [5, 5.41) is 1.97. The highest BCUT2D eigenvalue weighted by molar-refractivity contribution is 7.98. The highest BCUT2D eigenvalue weighted by Crippen LogP contribution is 2.25. The zero-order valence-corrected chi connectivity index (χ0v) is 15.7. The summed E-state index contributed by atoms with van der Waals surface area (Å²) in [5.41, 5.74) is 4.27. The summed E-state index contributed by atoms with van der Waals surface area (Å²) < 4.78 is 2.23. The molecule has 0 fully saturated rings. The minimum atomic E-state index is -0.00173. The van der Waals surface area contributed by atoms with E-state index >= 15 is 0 Å². The quantitative estimate of drug-likeness (QED) is 0.428. The van der Waals surface area contributed by atoms with Crippen LogP contribution in [0.2, 0.25) is 0 Å². The lowest BCUT2D eigenvalue weighted by atomic mass is 10.1. The van der Waals surface area contributed by atoms with Crippen molar-refractivity contribution in [2.75, 3.05) is 12.8 Å². The molecule has 26 heavy (non-hydrogen) atoms. The number of aromatic nitrogens is 3. The first kappa shape index (κ1) is 17.1. The van der Waals surface area contributed by atoms with Crippen LogP contribution in [0.4, 0.5) is 0 Å². The molecule has 3 heterocycles. The third-order valence-electron chi connectivity index (χ3n) is 4.91. The van der Waals surface area contributed by atoms with E-state index < -0.39 is 0 Å². The average Bonchev–Trinajstić information content (AvgIpc) is 3.00. The lowest BCUT2D eigenvalue weighted by molar-refractivity contribution is 0.241. The van der Waals surface area contributed by atoms with Crippen LogP contribution in [0.5, 0.6) is 0 Å². The van der Waals surface area contributed by atoms with Crippen molar-refractivity contribution in [1.29, 1.82) is 0 Å². The number of benzene rings is 1. The molecule has 1 aromatic carbocycles. The van der Waals surface area contributed by atoms with Gasteiger partial charge in [-0.15, -0.1) is 6.58 Å². The second kappa shape index (κ2) is 7.13. The van der Waals surface area contributed by atoms with Gasteiger partial charge in [-0.1, -0.05) is 36.0 Å². The van der Waals surface area contributed by atoms with Crippen molar-refractivity contribution in [3.05, 3.63) is 70.3 Å². The van der Waals surface area contributed by atoms with E-state index in [2.05, 4.69) is 56.5 Å². The summed E-state index contributed by atoms with van der Waals surface area (Å²) in [6.45, 7) is 7.04. The van der Waals surface area contributed by atoms with E-state index in [0.29, 0.717) is 11.7 Å². The second-order valence-corrected chi connectivity index (χ2v) is 7.37. The van der Waals surface area contributed by atoms with E-state index in [9.17, 15) is 4.79 Å². The Hall–Kier alpha value is -2.31. The summed E-state index contributed by atoms with van der Waals surface area (Å²) in [7, 11) is 0. The highest BCUT2D eigenvalue weighted by atomic mass is 32.2. The molecular formula is C20H22N4OS. The van der Waals surface area contributed by atoms with E-state index in [0.717, 1.165) is 37.3 Å². The number of hydrogen-bond acceptors (Lipinski definition) is 4. The monoisotopic (exact) mass is 366 g/mol. The maximum absolute atomic E-state index is 12.4. The van der Waals surface area contributed by atoms with Crippen LogP contribution in [0.1, 0.15) is 16.8 Å². The number of aromatic amines is 1. The van der Waals surface area contributed by atoms with Gasteiger partial charge in [-0.3, -0.25) is 9.69 Å². The number of thioether (sulfide) groups is 1. The van der Waals surface area contributed by atoms with Gasteiger partial charge >= 0.3 is 0 Å². The first-order chi connectivity index (χ1) is 12.7. The maximum Gasteiger partial charge on any atom is 0.256 e. The van der Waals surface area contributed by atoms with Crippen molar-refractivity contribution in [1.82, 2.24) is 19.4 Å². The summed E-state index contributed by atoms with van der Waals surface area (Å²) in [5.74, 6) is 0. The van der Waals surface area contributed by atoms with Gasteiger partial charge in [0.15, 0.2) is 5.16 Å². The van der Waals surface area contributed by atoms with Crippen molar-refractivity contribution in [2.24, 2.45) is 0 Å². The summed E-state index contributed by atoms with van der Waals surface area (Å²) >= 11 is 1.48. The Labute approximate surface area is 156 Å². The van der Waals surface area contributed by atoms with Crippen LogP contribution in [0.25, 0.3) is 10.9 Å². The van der Waals surface area contributed by atoms with Crippen LogP contribution in [0.3, 0.4) is 0 Å². The normalized spacial score (nSPS) is 14.5. The van der Waals surface area contributed by atoms with Gasteiger partial charge in [0.25, 0.3) is 5.56 Å². The topological polar surface area (TPSA) is 53.9 Å². The maximum atomic E-state index is 12.4. The minimum absolute atomic E-state index is 0.00173. The Bertz CT molecular complexity index is 1020. The minimum Gasteiger partial charge on any atom is -0.343 e. The Balaban J connectivity index is 1.62. The molecule has 1 aliphatic rings. The molecule has 0 unspecified atom stereocenters. The molecule has 0 saturated heterocycles. The van der Waals surface area contributed by atoms with Crippen LogP contribution in [-0.2, 0) is 26.1 Å². The molecule has 4 rings (SSSR count). The van der Waals surface area contributed by atoms with Gasteiger partial charge in [-0.2, -0.15) is 0 Å². The molecule has 134 valence electrons. The molecule has 0 atom stereocenters. The predicted octanol–water partition coefficient (Wildman–Crippen LogP) is 3.19. The molecule has 6 heteroatoms. The smallest absolute Gasteiger partial charge is 0.256 e. The molecule has 1 N–H and O–H groups in total. The van der Waals surface area contributed by atoms with Crippen LogP contribution >= 0.6 is 11.8 Å². The number of H-pyrrole nitrogens is 1. The predicted molar refractivity (Wildman–Crippen MR) is 107 cm³/mol. The third-order valence-corrected chi connectivity index (χ3v) is 5.49. The molecule has 2 aromatic heterocycles. The summed E-state index contributed by atoms with van der Waals surface area (Å²) in [6.07, 6.45) is 6.87. The Morgan fingerprint density at radius 2 is 2.23 bits per heavy atom. The van der Waals surface area contributed by atoms with Crippen molar-refractivity contribution >= 4 is 22.7 Å². The van der Waals surface area contributed by atoms with Gasteiger partial charge in [0.1, 0.15) is 0 Å². The van der Waals surface area contributed by atoms with Crippen LogP contribution < -0.4 is 5.56 Å². The fourth-order valence-electron chi connectivity index (χ4n) is 3.67. The van der Waals surface area contributed by atoms with Crippen LogP contribution in [0.15, 0.2) is 53.1 Å². The van der Waals surface area contributed by atoms with Gasteiger partial charge in [0.2, 0.25) is 0 Å². The Morgan fingerprint density at radius 1 is 1.38 bits per heavy atom. The highest BCUT2D eigenvalue weighted by Gasteiger charge is 2.22. The van der Waals surface area contributed by atoms with Gasteiger partial charge < -0.3 is 9.55 Å². The van der Waals surface area contributed by atoms with Crippen molar-refractivity contribution < 1.29 is 0 Å². The molecule has 0 radical (unpaired) electrons. The molecule has 5 nitrogen and oxygen atoms in total. The van der Waals surface area contributed by atoms with Gasteiger partial charge in [-0.25, -0.2) is 4.98 Å². The summed E-state index contributed by atoms with van der Waals surface area (Å²) in [4.78, 5) is 22.2. The first-order valence-electron chi connectivity index (χ1n) is 8.75. The molecule has 0 bridgehead atoms. The molecule has 0 saturated carbocycles. The van der Waals surface area contributed by atoms with E-state index in [1.165, 1.54) is 28.2 Å². The van der Waals surface area contributed by atoms with Crippen molar-refractivity contribution in [3.63, 3.8) is 0 Å². The standard InChI is InChI=1S/C20H22N4OS/c1-3-9-24-12-14(15-6-4-5-7-18(15)24)11-23-10-8-17-16(13-23)19(25)22-20(21-17)26-2/h3-7,12H,1,8-11,13H2,2H3,(H,21,22,25). The number of para-hydroxylation sites is 1. The third kappa shape index (κ3) is 3.10. The number of allylic oxidation sites excluding steroid dienone is 1. The molecule has 3 aromatic rings. The summed E-state index contributed by atoms with van der Waals surface area (Å²) in [6, 6.07) is 8.46.